The molecular weight excluding hydrogens is 268 g/mol. The molecule has 6 heteroatoms. The minimum Gasteiger partial charge on any atom is -0.331 e. The lowest BCUT2D eigenvalue weighted by Crippen LogP contribution is -2.02. The van der Waals surface area contributed by atoms with Crippen LogP contribution in [0.2, 0.25) is 5.02 Å². The van der Waals surface area contributed by atoms with E-state index < -0.39 is 0 Å². The number of fused-ring (bicyclic) bond motifs is 1. The number of benzene rings is 1. The van der Waals surface area contributed by atoms with Gasteiger partial charge < -0.3 is 9.55 Å². The molecule has 90 valence electrons. The summed E-state index contributed by atoms with van der Waals surface area (Å²) in [4.78, 5) is 11.2. The molecule has 0 radical (unpaired) electrons. The van der Waals surface area contributed by atoms with Crippen molar-refractivity contribution in [3.05, 3.63) is 52.3 Å². The second-order valence-electron chi connectivity index (χ2n) is 3.85. The first kappa shape index (κ1) is 11.4. The number of aromatic amines is 1. The van der Waals surface area contributed by atoms with Gasteiger partial charge in [0.25, 0.3) is 0 Å². The maximum atomic E-state index is 6.22. The SMILES string of the molecule is S=c1[nH]c2cccc(Cl)c2n1Cc1ccncn1. The largest absolute Gasteiger partial charge is 0.331 e. The van der Waals surface area contributed by atoms with Gasteiger partial charge in [-0.2, -0.15) is 0 Å². The molecule has 3 aromatic rings. The third-order valence-electron chi connectivity index (χ3n) is 2.71. The van der Waals surface area contributed by atoms with Crippen molar-refractivity contribution in [2.24, 2.45) is 0 Å². The van der Waals surface area contributed by atoms with E-state index >= 15 is 0 Å². The van der Waals surface area contributed by atoms with Crippen LogP contribution in [0.3, 0.4) is 0 Å². The van der Waals surface area contributed by atoms with E-state index in [0.29, 0.717) is 16.3 Å². The van der Waals surface area contributed by atoms with Crippen LogP contribution in [0.1, 0.15) is 5.69 Å². The van der Waals surface area contributed by atoms with Gasteiger partial charge in [0.15, 0.2) is 4.77 Å². The summed E-state index contributed by atoms with van der Waals surface area (Å²) >= 11 is 11.5. The Balaban J connectivity index is 2.17. The number of hydrogen-bond donors (Lipinski definition) is 1. The molecule has 0 saturated heterocycles. The maximum Gasteiger partial charge on any atom is 0.178 e. The summed E-state index contributed by atoms with van der Waals surface area (Å²) in [7, 11) is 0. The van der Waals surface area contributed by atoms with Crippen LogP contribution in [-0.2, 0) is 6.54 Å². The molecule has 2 aromatic heterocycles. The molecule has 0 unspecified atom stereocenters. The quantitative estimate of drug-likeness (QED) is 0.731. The van der Waals surface area contributed by atoms with Crippen LogP contribution in [0, 0.1) is 4.77 Å². The lowest BCUT2D eigenvalue weighted by atomic mass is 10.3. The average Bonchev–Trinajstić information content (AvgIpc) is 2.69. The van der Waals surface area contributed by atoms with Gasteiger partial charge in [-0.05, 0) is 30.4 Å². The zero-order valence-corrected chi connectivity index (χ0v) is 10.9. The Labute approximate surface area is 113 Å². The van der Waals surface area contributed by atoms with Gasteiger partial charge >= 0.3 is 0 Å². The molecule has 0 aliphatic carbocycles. The summed E-state index contributed by atoms with van der Waals surface area (Å²) in [6.45, 7) is 0.574. The van der Waals surface area contributed by atoms with Gasteiger partial charge in [-0.15, -0.1) is 0 Å². The third kappa shape index (κ3) is 1.91. The number of imidazole rings is 1. The molecule has 2 heterocycles. The van der Waals surface area contributed by atoms with Crippen LogP contribution < -0.4 is 0 Å². The average molecular weight is 277 g/mol. The van der Waals surface area contributed by atoms with Crippen LogP contribution in [0.25, 0.3) is 11.0 Å². The second kappa shape index (κ2) is 4.51. The summed E-state index contributed by atoms with van der Waals surface area (Å²) in [5, 5.41) is 0.675. The molecule has 0 atom stereocenters. The molecule has 0 amide bonds. The highest BCUT2D eigenvalue weighted by atomic mass is 35.5. The van der Waals surface area contributed by atoms with Crippen molar-refractivity contribution >= 4 is 34.9 Å². The fourth-order valence-corrected chi connectivity index (χ4v) is 2.44. The Bertz CT molecular complexity index is 748. The van der Waals surface area contributed by atoms with Gasteiger partial charge in [0.05, 0.1) is 28.3 Å². The third-order valence-corrected chi connectivity index (χ3v) is 3.33. The number of H-pyrrole nitrogens is 1. The normalized spacial score (nSPS) is 10.9. The predicted octanol–water partition coefficient (Wildman–Crippen LogP) is 3.19. The molecule has 1 N–H and O–H groups in total. The lowest BCUT2D eigenvalue weighted by Gasteiger charge is -2.04. The summed E-state index contributed by atoms with van der Waals surface area (Å²) in [6, 6.07) is 7.55. The number of halogens is 1. The van der Waals surface area contributed by atoms with Crippen molar-refractivity contribution < 1.29 is 0 Å². The van der Waals surface area contributed by atoms with Gasteiger partial charge in [0, 0.05) is 6.20 Å². The van der Waals surface area contributed by atoms with E-state index in [9.17, 15) is 0 Å². The highest BCUT2D eigenvalue weighted by Crippen LogP contribution is 2.23. The standard InChI is InChI=1S/C12H9ClN4S/c13-9-2-1-3-10-11(9)17(12(18)16-10)6-8-4-5-14-7-15-8/h1-5,7H,6H2,(H,16,18). The number of aromatic nitrogens is 4. The summed E-state index contributed by atoms with van der Waals surface area (Å²) in [5.74, 6) is 0. The van der Waals surface area contributed by atoms with Gasteiger partial charge in [-0.25, -0.2) is 9.97 Å². The first-order chi connectivity index (χ1) is 8.75. The minimum atomic E-state index is 0.574. The second-order valence-corrected chi connectivity index (χ2v) is 4.65. The van der Waals surface area contributed by atoms with Crippen LogP contribution in [0.15, 0.2) is 36.8 Å². The molecule has 0 spiro atoms. The van der Waals surface area contributed by atoms with Crippen molar-refractivity contribution in [1.82, 2.24) is 19.5 Å². The Kier molecular flexibility index (Phi) is 2.85. The maximum absolute atomic E-state index is 6.22. The predicted molar refractivity (Wildman–Crippen MR) is 73.3 cm³/mol. The van der Waals surface area contributed by atoms with Crippen LogP contribution >= 0.6 is 23.8 Å². The van der Waals surface area contributed by atoms with E-state index in [2.05, 4.69) is 15.0 Å². The van der Waals surface area contributed by atoms with E-state index in [1.165, 1.54) is 6.33 Å². The Morgan fingerprint density at radius 3 is 3.00 bits per heavy atom. The summed E-state index contributed by atoms with van der Waals surface area (Å²) in [5.41, 5.74) is 2.73. The van der Waals surface area contributed by atoms with Crippen molar-refractivity contribution in [3.8, 4) is 0 Å². The first-order valence-corrected chi connectivity index (χ1v) is 6.16. The van der Waals surface area contributed by atoms with Crippen LogP contribution in [0.5, 0.6) is 0 Å². The van der Waals surface area contributed by atoms with E-state index in [1.54, 1.807) is 6.20 Å². The number of rotatable bonds is 2. The van der Waals surface area contributed by atoms with Crippen molar-refractivity contribution in [3.63, 3.8) is 0 Å². The molecule has 0 aliphatic rings. The highest BCUT2D eigenvalue weighted by Gasteiger charge is 2.08. The number of hydrogen-bond acceptors (Lipinski definition) is 3. The Morgan fingerprint density at radius 1 is 1.33 bits per heavy atom. The number of nitrogens with zero attached hydrogens (tertiary/aromatic N) is 3. The van der Waals surface area contributed by atoms with E-state index in [0.717, 1.165) is 16.7 Å². The highest BCUT2D eigenvalue weighted by molar-refractivity contribution is 7.71. The molecule has 1 aromatic carbocycles. The van der Waals surface area contributed by atoms with Crippen molar-refractivity contribution in [1.29, 1.82) is 0 Å². The molecule has 3 rings (SSSR count). The Morgan fingerprint density at radius 2 is 2.22 bits per heavy atom. The monoisotopic (exact) mass is 276 g/mol. The van der Waals surface area contributed by atoms with Gasteiger partial charge in [-0.1, -0.05) is 17.7 Å². The van der Waals surface area contributed by atoms with Crippen molar-refractivity contribution in [2.75, 3.05) is 0 Å². The molecule has 4 nitrogen and oxygen atoms in total. The van der Waals surface area contributed by atoms with E-state index in [1.807, 2.05) is 28.8 Å². The topological polar surface area (TPSA) is 46.5 Å². The van der Waals surface area contributed by atoms with Gasteiger partial charge in [-0.3, -0.25) is 0 Å². The van der Waals surface area contributed by atoms with Crippen molar-refractivity contribution in [2.45, 2.75) is 6.54 Å². The zero-order valence-electron chi connectivity index (χ0n) is 9.30. The zero-order chi connectivity index (χ0) is 12.5. The Hall–Kier alpha value is -1.72. The van der Waals surface area contributed by atoms with E-state index in [4.69, 9.17) is 23.8 Å². The molecular formula is C12H9ClN4S. The van der Waals surface area contributed by atoms with Gasteiger partial charge in [0.2, 0.25) is 0 Å². The van der Waals surface area contributed by atoms with Gasteiger partial charge in [0.1, 0.15) is 6.33 Å². The fourth-order valence-electron chi connectivity index (χ4n) is 1.90. The smallest absolute Gasteiger partial charge is 0.178 e. The molecule has 0 fully saturated rings. The molecule has 0 bridgehead atoms. The minimum absolute atomic E-state index is 0.574. The summed E-state index contributed by atoms with van der Waals surface area (Å²) in [6.07, 6.45) is 3.23. The first-order valence-electron chi connectivity index (χ1n) is 5.37. The lowest BCUT2D eigenvalue weighted by molar-refractivity contribution is 0.780. The molecule has 0 saturated carbocycles. The molecule has 18 heavy (non-hydrogen) atoms. The molecule has 0 aliphatic heterocycles. The van der Waals surface area contributed by atoms with Crippen LogP contribution in [-0.4, -0.2) is 19.5 Å². The number of nitrogens with one attached hydrogen (secondary N) is 1. The number of para-hydroxylation sites is 1. The fraction of sp³-hybridized carbons (Fsp3) is 0.0833. The van der Waals surface area contributed by atoms with E-state index in [-0.39, 0.29) is 0 Å². The summed E-state index contributed by atoms with van der Waals surface area (Å²) < 4.78 is 2.58. The van der Waals surface area contributed by atoms with Crippen LogP contribution in [0.4, 0.5) is 0 Å².